The van der Waals surface area contributed by atoms with Gasteiger partial charge in [0.1, 0.15) is 18.3 Å². The molecule has 4 N–H and O–H groups in total. The highest BCUT2D eigenvalue weighted by atomic mass is 16.7. The van der Waals surface area contributed by atoms with E-state index in [1.165, 1.54) is 32.2 Å². The Bertz CT molecular complexity index is 614. The zero-order valence-corrected chi connectivity index (χ0v) is 13.2. The van der Waals surface area contributed by atoms with E-state index in [2.05, 4.69) is 0 Å². The lowest BCUT2D eigenvalue weighted by atomic mass is 10.0. The zero-order chi connectivity index (χ0) is 17.9. The van der Waals surface area contributed by atoms with Crippen LogP contribution in [0.1, 0.15) is 12.5 Å². The van der Waals surface area contributed by atoms with Gasteiger partial charge in [0.05, 0.1) is 13.2 Å². The van der Waals surface area contributed by atoms with Crippen molar-refractivity contribution in [3.63, 3.8) is 0 Å². The number of aliphatic hydroxyl groups excluding tert-OH is 3. The molecule has 1 aromatic carbocycles. The highest BCUT2D eigenvalue weighted by molar-refractivity contribution is 5.87. The highest BCUT2D eigenvalue weighted by Gasteiger charge is 2.43. The van der Waals surface area contributed by atoms with Crippen LogP contribution in [-0.2, 0) is 14.3 Å². The molecule has 8 heteroatoms. The third-order valence-electron chi connectivity index (χ3n) is 3.66. The van der Waals surface area contributed by atoms with Crippen molar-refractivity contribution in [2.45, 2.75) is 37.6 Å². The van der Waals surface area contributed by atoms with Crippen molar-refractivity contribution in [1.29, 1.82) is 0 Å². The Balaban J connectivity index is 2.00. The second kappa shape index (κ2) is 7.63. The largest absolute Gasteiger partial charge is 0.504 e. The first-order valence-electron chi connectivity index (χ1n) is 7.29. The van der Waals surface area contributed by atoms with Gasteiger partial charge in [0, 0.05) is 6.08 Å². The number of aromatic hydroxyl groups is 1. The fraction of sp³-hybridized carbons (Fsp3) is 0.438. The minimum absolute atomic E-state index is 0.0301. The van der Waals surface area contributed by atoms with Crippen LogP contribution in [0.2, 0.25) is 0 Å². The third kappa shape index (κ3) is 4.04. The zero-order valence-electron chi connectivity index (χ0n) is 13.2. The van der Waals surface area contributed by atoms with E-state index in [4.69, 9.17) is 14.2 Å². The second-order valence-corrected chi connectivity index (χ2v) is 5.38. The van der Waals surface area contributed by atoms with Gasteiger partial charge in [-0.2, -0.15) is 0 Å². The first kappa shape index (κ1) is 18.2. The molecule has 0 bridgehead atoms. The predicted molar refractivity (Wildman–Crippen MR) is 82.1 cm³/mol. The van der Waals surface area contributed by atoms with Crippen LogP contribution in [0.4, 0.5) is 0 Å². The van der Waals surface area contributed by atoms with E-state index in [1.54, 1.807) is 6.07 Å². The summed E-state index contributed by atoms with van der Waals surface area (Å²) < 4.78 is 15.1. The van der Waals surface area contributed by atoms with Gasteiger partial charge in [-0.05, 0) is 30.7 Å². The number of methoxy groups -OCH3 is 1. The van der Waals surface area contributed by atoms with Crippen molar-refractivity contribution < 1.29 is 39.4 Å². The number of phenols is 1. The lowest BCUT2D eigenvalue weighted by Gasteiger charge is -2.38. The summed E-state index contributed by atoms with van der Waals surface area (Å²) in [5.41, 5.74) is 0.579. The highest BCUT2D eigenvalue weighted by Crippen LogP contribution is 2.27. The van der Waals surface area contributed by atoms with Crippen LogP contribution < -0.4 is 4.74 Å². The molecule has 2 rings (SSSR count). The minimum atomic E-state index is -1.55. The van der Waals surface area contributed by atoms with Gasteiger partial charge >= 0.3 is 5.97 Å². The van der Waals surface area contributed by atoms with E-state index in [9.17, 15) is 25.2 Å². The van der Waals surface area contributed by atoms with E-state index in [-0.39, 0.29) is 11.5 Å². The molecule has 0 amide bonds. The molecule has 132 valence electrons. The van der Waals surface area contributed by atoms with Gasteiger partial charge in [-0.3, -0.25) is 0 Å². The van der Waals surface area contributed by atoms with Crippen molar-refractivity contribution in [2.75, 3.05) is 7.11 Å². The summed E-state index contributed by atoms with van der Waals surface area (Å²) in [5, 5.41) is 38.5. The van der Waals surface area contributed by atoms with Gasteiger partial charge in [-0.15, -0.1) is 0 Å². The van der Waals surface area contributed by atoms with E-state index in [0.717, 1.165) is 6.08 Å². The Kier molecular flexibility index (Phi) is 5.79. The molecule has 1 aliphatic rings. The van der Waals surface area contributed by atoms with Crippen LogP contribution in [-0.4, -0.2) is 64.2 Å². The Hall–Kier alpha value is -2.13. The van der Waals surface area contributed by atoms with Gasteiger partial charge in [-0.25, -0.2) is 4.79 Å². The van der Waals surface area contributed by atoms with Crippen LogP contribution >= 0.6 is 0 Å². The van der Waals surface area contributed by atoms with Crippen molar-refractivity contribution in [1.82, 2.24) is 0 Å². The average Bonchev–Trinajstić information content (AvgIpc) is 2.57. The topological polar surface area (TPSA) is 126 Å². The standard InChI is InChI=1S/C16H20O8/c1-8-13(19)14(20)15(21)16(23-8)24-12(18)6-4-9-3-5-10(17)11(7-9)22-2/h3-8,13-17,19-21H,1-2H3/b6-4+/t8-,13-,14+,15+,16+/m0/s1. The maximum absolute atomic E-state index is 11.8. The molecule has 0 spiro atoms. The maximum Gasteiger partial charge on any atom is 0.333 e. The quantitative estimate of drug-likeness (QED) is 0.438. The maximum atomic E-state index is 11.8. The van der Waals surface area contributed by atoms with E-state index in [0.29, 0.717) is 5.56 Å². The Morgan fingerprint density at radius 1 is 1.21 bits per heavy atom. The normalized spacial score (nSPS) is 30.3. The van der Waals surface area contributed by atoms with Crippen molar-refractivity contribution in [2.24, 2.45) is 0 Å². The number of aliphatic hydroxyl groups is 3. The number of esters is 1. The Morgan fingerprint density at radius 2 is 1.92 bits per heavy atom. The van der Waals surface area contributed by atoms with Crippen LogP contribution in [0.3, 0.4) is 0 Å². The number of rotatable bonds is 4. The molecule has 8 nitrogen and oxygen atoms in total. The first-order chi connectivity index (χ1) is 11.3. The van der Waals surface area contributed by atoms with Crippen LogP contribution in [0.25, 0.3) is 6.08 Å². The van der Waals surface area contributed by atoms with Crippen LogP contribution in [0.5, 0.6) is 11.5 Å². The number of hydrogen-bond donors (Lipinski definition) is 4. The summed E-state index contributed by atoms with van der Waals surface area (Å²) in [6, 6.07) is 4.50. The van der Waals surface area contributed by atoms with Gasteiger partial charge < -0.3 is 34.6 Å². The molecule has 0 unspecified atom stereocenters. The van der Waals surface area contributed by atoms with E-state index in [1.807, 2.05) is 0 Å². The molecule has 1 heterocycles. The number of ether oxygens (including phenoxy) is 3. The fourth-order valence-electron chi connectivity index (χ4n) is 2.23. The fourth-order valence-corrected chi connectivity index (χ4v) is 2.23. The van der Waals surface area contributed by atoms with E-state index < -0.39 is 36.7 Å². The number of benzene rings is 1. The van der Waals surface area contributed by atoms with Gasteiger partial charge in [0.25, 0.3) is 0 Å². The average molecular weight is 340 g/mol. The molecule has 0 aliphatic carbocycles. The second-order valence-electron chi connectivity index (χ2n) is 5.38. The predicted octanol–water partition coefficient (Wildman–Crippen LogP) is -0.215. The molecule has 1 aliphatic heterocycles. The molecule has 24 heavy (non-hydrogen) atoms. The Labute approximate surface area is 138 Å². The van der Waals surface area contributed by atoms with Crippen molar-refractivity contribution in [3.8, 4) is 11.5 Å². The lowest BCUT2D eigenvalue weighted by Crippen LogP contribution is -2.57. The minimum Gasteiger partial charge on any atom is -0.504 e. The number of phenolic OH excluding ortho intramolecular Hbond substituents is 1. The Morgan fingerprint density at radius 3 is 2.58 bits per heavy atom. The van der Waals surface area contributed by atoms with Crippen LogP contribution in [0.15, 0.2) is 24.3 Å². The summed E-state index contributed by atoms with van der Waals surface area (Å²) >= 11 is 0. The number of carbonyl (C=O) groups excluding carboxylic acids is 1. The molecule has 0 saturated carbocycles. The number of hydrogen-bond acceptors (Lipinski definition) is 8. The summed E-state index contributed by atoms with van der Waals surface area (Å²) in [5.74, 6) is -0.582. The molecule has 1 saturated heterocycles. The lowest BCUT2D eigenvalue weighted by molar-refractivity contribution is -0.283. The molecule has 1 fully saturated rings. The summed E-state index contributed by atoms with van der Waals surface area (Å²) in [6.07, 6.45) is -3.95. The third-order valence-corrected chi connectivity index (χ3v) is 3.66. The molecular weight excluding hydrogens is 320 g/mol. The summed E-state index contributed by atoms with van der Waals surface area (Å²) in [4.78, 5) is 11.8. The van der Waals surface area contributed by atoms with Gasteiger partial charge in [-0.1, -0.05) is 6.07 Å². The smallest absolute Gasteiger partial charge is 0.333 e. The van der Waals surface area contributed by atoms with Crippen LogP contribution in [0, 0.1) is 0 Å². The molecule has 0 radical (unpaired) electrons. The van der Waals surface area contributed by atoms with Crippen molar-refractivity contribution >= 4 is 12.0 Å². The van der Waals surface area contributed by atoms with E-state index >= 15 is 0 Å². The van der Waals surface area contributed by atoms with Crippen molar-refractivity contribution in [3.05, 3.63) is 29.8 Å². The van der Waals surface area contributed by atoms with Gasteiger partial charge in [0.15, 0.2) is 11.5 Å². The molecule has 0 aromatic heterocycles. The molecule has 5 atom stereocenters. The number of carbonyl (C=O) groups is 1. The molecule has 1 aromatic rings. The summed E-state index contributed by atoms with van der Waals surface area (Å²) in [7, 11) is 1.40. The first-order valence-corrected chi connectivity index (χ1v) is 7.29. The molecular formula is C16H20O8. The van der Waals surface area contributed by atoms with Gasteiger partial charge in [0.2, 0.25) is 6.29 Å². The summed E-state index contributed by atoms with van der Waals surface area (Å²) in [6.45, 7) is 1.49. The SMILES string of the molecule is COc1cc(/C=C/C(=O)O[C@H]2O[C@@H](C)[C@H](O)[C@@H](O)[C@H]2O)ccc1O. The monoisotopic (exact) mass is 340 g/mol.